The van der Waals surface area contributed by atoms with Crippen molar-refractivity contribution in [3.8, 4) is 22.4 Å². The highest BCUT2D eigenvalue weighted by Crippen LogP contribution is 2.42. The number of rotatable bonds is 19. The van der Waals surface area contributed by atoms with E-state index in [1.54, 1.807) is 24.3 Å². The van der Waals surface area contributed by atoms with Gasteiger partial charge in [-0.25, -0.2) is 9.23 Å². The predicted octanol–water partition coefficient (Wildman–Crippen LogP) is 5.80. The Morgan fingerprint density at radius 3 is 2.12 bits per heavy atom. The monoisotopic (exact) mass is 693 g/mol. The van der Waals surface area contributed by atoms with Crippen molar-refractivity contribution < 1.29 is 48.9 Å². The van der Waals surface area contributed by atoms with Crippen LogP contribution in [0.25, 0.3) is 22.4 Å². The van der Waals surface area contributed by atoms with Gasteiger partial charge in [0.25, 0.3) is 5.91 Å². The lowest BCUT2D eigenvalue weighted by Gasteiger charge is -2.20. The first-order valence-corrected chi connectivity index (χ1v) is 16.4. The molecule has 0 fully saturated rings. The third-order valence-corrected chi connectivity index (χ3v) is 7.85. The second-order valence-corrected chi connectivity index (χ2v) is 11.9. The summed E-state index contributed by atoms with van der Waals surface area (Å²) in [6, 6.07) is 24.7. The molecular weight excluding hydrogens is 649 g/mol. The smallest absolute Gasteiger partial charge is 0.308 e. The van der Waals surface area contributed by atoms with Crippen LogP contribution in [0.1, 0.15) is 55.1 Å². The number of carbonyl (C=O) groups excluding carboxylic acids is 2. The molecule has 50 heavy (non-hydrogen) atoms. The number of amides is 1. The number of aliphatic hydroxyl groups is 2. The lowest BCUT2D eigenvalue weighted by atomic mass is 9.94. The highest BCUT2D eigenvalue weighted by Gasteiger charge is 2.31. The number of ether oxygens (including phenoxy) is 2. The van der Waals surface area contributed by atoms with Gasteiger partial charge in [0.05, 0.1) is 55.1 Å². The van der Waals surface area contributed by atoms with Crippen molar-refractivity contribution in [2.75, 3.05) is 31.7 Å². The number of nitrogens with zero attached hydrogens (tertiary/aromatic N) is 2. The zero-order valence-corrected chi connectivity index (χ0v) is 28.1. The van der Waals surface area contributed by atoms with E-state index in [1.807, 2.05) is 66.9 Å². The van der Waals surface area contributed by atoms with Crippen LogP contribution < -0.4 is 5.32 Å². The van der Waals surface area contributed by atoms with Crippen LogP contribution in [0.15, 0.2) is 84.9 Å². The molecule has 0 aliphatic heterocycles. The lowest BCUT2D eigenvalue weighted by molar-refractivity contribution is -0.493. The number of aliphatic hydroxyl groups excluding tert-OH is 2. The van der Waals surface area contributed by atoms with Crippen LogP contribution in [0, 0.1) is 5.82 Å². The van der Waals surface area contributed by atoms with E-state index in [9.17, 15) is 24.2 Å². The summed E-state index contributed by atoms with van der Waals surface area (Å²) < 4.78 is 26.3. The second kappa shape index (κ2) is 19.1. The minimum Gasteiger partial charge on any atom is -0.463 e. The van der Waals surface area contributed by atoms with E-state index in [-0.39, 0.29) is 64.1 Å². The molecule has 0 aliphatic carbocycles. The molecule has 1 aromatic heterocycles. The summed E-state index contributed by atoms with van der Waals surface area (Å²) in [4.78, 5) is 30.8. The van der Waals surface area contributed by atoms with Gasteiger partial charge in [0.15, 0.2) is 0 Å². The van der Waals surface area contributed by atoms with Gasteiger partial charge in [0.1, 0.15) is 12.4 Å². The van der Waals surface area contributed by atoms with Crippen molar-refractivity contribution in [2.24, 2.45) is 0 Å². The van der Waals surface area contributed by atoms with E-state index in [1.165, 1.54) is 12.1 Å². The van der Waals surface area contributed by atoms with Gasteiger partial charge in [-0.05, 0) is 66.3 Å². The summed E-state index contributed by atoms with van der Waals surface area (Å²) in [6.45, 7) is 4.07. The Balaban J connectivity index is 1.56. The first-order chi connectivity index (χ1) is 24.0. The zero-order valence-electron chi connectivity index (χ0n) is 28.1. The number of hydrogen-bond acceptors (Lipinski definition) is 10. The third-order valence-electron chi connectivity index (χ3n) is 7.85. The number of esters is 1. The van der Waals surface area contributed by atoms with Gasteiger partial charge in [0.2, 0.25) is 0 Å². The van der Waals surface area contributed by atoms with Crippen molar-refractivity contribution in [3.05, 3.63) is 102 Å². The Morgan fingerprint density at radius 1 is 0.840 bits per heavy atom. The second-order valence-electron chi connectivity index (χ2n) is 11.9. The predicted molar refractivity (Wildman–Crippen MR) is 183 cm³/mol. The van der Waals surface area contributed by atoms with Gasteiger partial charge in [0, 0.05) is 23.5 Å². The SMILES string of the molecule is CC(C)c1c(C(=O)Nc2ccccc2)c(-c2ccccc2)c(-c2ccc(F)cc2)n1CC[C@@H](O)C[C@@H](O)CC(=O)OCCOCCON(O)O. The summed E-state index contributed by atoms with van der Waals surface area (Å²) >= 11 is 0. The van der Waals surface area contributed by atoms with E-state index >= 15 is 0 Å². The number of aromatic nitrogens is 1. The summed E-state index contributed by atoms with van der Waals surface area (Å²) in [5, 5.41) is 41.1. The number of carbonyl (C=O) groups is 2. The topological polar surface area (TPSA) is 163 Å². The van der Waals surface area contributed by atoms with Gasteiger partial charge in [-0.1, -0.05) is 62.4 Å². The highest BCUT2D eigenvalue weighted by molar-refractivity contribution is 6.12. The number of anilines is 1. The molecule has 0 bridgehead atoms. The summed E-state index contributed by atoms with van der Waals surface area (Å²) in [5.41, 5.74) is 4.66. The van der Waals surface area contributed by atoms with Crippen LogP contribution in [-0.2, 0) is 25.7 Å². The van der Waals surface area contributed by atoms with E-state index in [2.05, 4.69) is 10.2 Å². The quantitative estimate of drug-likeness (QED) is 0.0461. The molecule has 268 valence electrons. The molecule has 0 saturated heterocycles. The Morgan fingerprint density at radius 2 is 1.48 bits per heavy atom. The number of benzene rings is 3. The zero-order chi connectivity index (χ0) is 36.0. The molecule has 13 heteroatoms. The molecule has 4 aromatic rings. The minimum atomic E-state index is -1.18. The molecule has 2 atom stereocenters. The molecule has 1 amide bonds. The van der Waals surface area contributed by atoms with Crippen molar-refractivity contribution in [2.45, 2.75) is 57.8 Å². The van der Waals surface area contributed by atoms with E-state index in [4.69, 9.17) is 19.9 Å². The average Bonchev–Trinajstić information content (AvgIpc) is 3.43. The maximum atomic E-state index is 14.2. The fourth-order valence-corrected chi connectivity index (χ4v) is 5.75. The Hall–Kier alpha value is -4.47. The fourth-order valence-electron chi connectivity index (χ4n) is 5.75. The van der Waals surface area contributed by atoms with E-state index < -0.39 is 29.4 Å². The van der Waals surface area contributed by atoms with E-state index in [0.717, 1.165) is 11.3 Å². The summed E-state index contributed by atoms with van der Waals surface area (Å²) in [7, 11) is 0. The van der Waals surface area contributed by atoms with Gasteiger partial charge in [-0.15, -0.1) is 0 Å². The van der Waals surface area contributed by atoms with Crippen LogP contribution in [0.4, 0.5) is 10.1 Å². The molecule has 1 heterocycles. The standard InChI is InChI=1S/C37H44FN3O9/c1-25(2)35-34(37(45)39-29-11-7-4-8-12-29)33(26-9-5-3-6-10-26)36(27-13-15-28(38)16-14-27)40(35)18-17-30(42)23-31(43)24-32(44)49-21-19-48-20-22-50-41(46)47/h3-16,25,30-31,42-43,46-47H,17-24H2,1-2H3,(H,39,45)/t30-,31-/m1/s1. The maximum absolute atomic E-state index is 14.2. The normalized spacial score (nSPS) is 12.7. The molecule has 5 N–H and O–H groups in total. The van der Waals surface area contributed by atoms with E-state index in [0.29, 0.717) is 28.1 Å². The average molecular weight is 694 g/mol. The Labute approximate surface area is 290 Å². The molecule has 0 aliphatic rings. The van der Waals surface area contributed by atoms with Gasteiger partial charge >= 0.3 is 5.97 Å². The van der Waals surface area contributed by atoms with Crippen LogP contribution >= 0.6 is 0 Å². The van der Waals surface area contributed by atoms with Crippen molar-refractivity contribution in [1.29, 1.82) is 0 Å². The van der Waals surface area contributed by atoms with Gasteiger partial charge in [-0.2, -0.15) is 0 Å². The van der Waals surface area contributed by atoms with Crippen LogP contribution in [0.5, 0.6) is 0 Å². The number of hydrogen-bond donors (Lipinski definition) is 5. The molecule has 0 saturated carbocycles. The van der Waals surface area contributed by atoms with Crippen LogP contribution in [0.2, 0.25) is 0 Å². The Kier molecular flexibility index (Phi) is 14.6. The number of para-hydroxylation sites is 1. The number of halogens is 1. The molecule has 0 radical (unpaired) electrons. The van der Waals surface area contributed by atoms with Gasteiger partial charge in [-0.3, -0.25) is 20.0 Å². The highest BCUT2D eigenvalue weighted by atomic mass is 19.1. The van der Waals surface area contributed by atoms with Crippen molar-refractivity contribution in [3.63, 3.8) is 0 Å². The maximum Gasteiger partial charge on any atom is 0.308 e. The molecular formula is C37H44FN3O9. The molecule has 4 rings (SSSR count). The molecule has 12 nitrogen and oxygen atoms in total. The van der Waals surface area contributed by atoms with Crippen LogP contribution in [0.3, 0.4) is 0 Å². The lowest BCUT2D eigenvalue weighted by Crippen LogP contribution is -2.24. The third kappa shape index (κ3) is 11.0. The van der Waals surface area contributed by atoms with Gasteiger partial charge < -0.3 is 29.6 Å². The van der Waals surface area contributed by atoms with Crippen molar-refractivity contribution >= 4 is 17.6 Å². The fraction of sp³-hybridized carbons (Fsp3) is 0.351. The summed E-state index contributed by atoms with van der Waals surface area (Å²) in [6.07, 6.45) is -2.45. The largest absolute Gasteiger partial charge is 0.463 e. The van der Waals surface area contributed by atoms with Crippen molar-refractivity contribution in [1.82, 2.24) is 9.96 Å². The van der Waals surface area contributed by atoms with Crippen LogP contribution in [-0.4, -0.2) is 81.1 Å². The molecule has 3 aromatic carbocycles. The Bertz CT molecular complexity index is 1650. The molecule has 0 spiro atoms. The number of nitrogens with one attached hydrogen (secondary N) is 1. The summed E-state index contributed by atoms with van der Waals surface area (Å²) in [5.74, 6) is -1.53. The first-order valence-electron chi connectivity index (χ1n) is 16.4. The molecule has 0 unspecified atom stereocenters. The first kappa shape index (κ1) is 38.3. The minimum absolute atomic E-state index is 0.0266.